The molecule has 10 atom stereocenters. The van der Waals surface area contributed by atoms with Crippen molar-refractivity contribution >= 4 is 81.3 Å². The highest BCUT2D eigenvalue weighted by Crippen LogP contribution is 2.66. The molecule has 95 heavy (non-hydrogen) atoms. The van der Waals surface area contributed by atoms with E-state index in [1.54, 1.807) is 50.6 Å². The quantitative estimate of drug-likeness (QED) is 0.0620. The molecule has 28 heteroatoms. The molecule has 0 radical (unpaired) electrons. The van der Waals surface area contributed by atoms with Crippen LogP contribution in [0.25, 0.3) is 0 Å². The average Bonchev–Trinajstić information content (AvgIpc) is 1.52. The van der Waals surface area contributed by atoms with Crippen molar-refractivity contribution in [1.29, 1.82) is 0 Å². The summed E-state index contributed by atoms with van der Waals surface area (Å²) in [7, 11) is 3.14. The van der Waals surface area contributed by atoms with Crippen LogP contribution in [0.1, 0.15) is 181 Å². The number of halogens is 6. The number of benzene rings is 2. The predicted octanol–water partition coefficient (Wildman–Crippen LogP) is 11.8. The lowest BCUT2D eigenvalue weighted by Crippen LogP contribution is -2.61. The van der Waals surface area contributed by atoms with Gasteiger partial charge in [0.2, 0.25) is 35.4 Å². The fourth-order valence-electron chi connectivity index (χ4n) is 16.4. The Morgan fingerprint density at radius 2 is 1.06 bits per heavy atom. The van der Waals surface area contributed by atoms with Gasteiger partial charge < -0.3 is 49.3 Å². The molecule has 8 aliphatic rings. The number of nitrogens with two attached hydrogens (primary N) is 1. The van der Waals surface area contributed by atoms with Crippen molar-refractivity contribution < 1.29 is 60.8 Å². The van der Waals surface area contributed by atoms with Crippen LogP contribution >= 0.6 is 46.4 Å². The van der Waals surface area contributed by atoms with Gasteiger partial charge in [-0.2, -0.15) is 0 Å². The Morgan fingerprint density at radius 3 is 1.48 bits per heavy atom. The Morgan fingerprint density at radius 1 is 0.621 bits per heavy atom. The van der Waals surface area contributed by atoms with Gasteiger partial charge in [0.15, 0.2) is 27.7 Å². The van der Waals surface area contributed by atoms with Gasteiger partial charge in [-0.25, -0.2) is 18.7 Å². The molecule has 2 amide bonds. The molecule has 4 aromatic heterocycles. The Labute approximate surface area is 567 Å². The first-order valence-corrected chi connectivity index (χ1v) is 33.6. The van der Waals surface area contributed by atoms with Crippen molar-refractivity contribution in [2.75, 3.05) is 38.1 Å². The van der Waals surface area contributed by atoms with Crippen molar-refractivity contribution in [3.8, 4) is 0 Å². The topological polar surface area (TPSA) is 303 Å². The van der Waals surface area contributed by atoms with Crippen molar-refractivity contribution in [3.63, 3.8) is 0 Å². The van der Waals surface area contributed by atoms with Crippen LogP contribution in [0.3, 0.4) is 0 Å². The molecule has 10 heterocycles. The van der Waals surface area contributed by atoms with Gasteiger partial charge in [-0.05, 0) is 152 Å². The van der Waals surface area contributed by atoms with Gasteiger partial charge in [-0.15, -0.1) is 20.4 Å². The highest BCUT2D eigenvalue weighted by atomic mass is 35.5. The van der Waals surface area contributed by atoms with E-state index in [-0.39, 0.29) is 87.1 Å². The molecular weight excluding hydrogens is 1310 g/mol. The summed E-state index contributed by atoms with van der Waals surface area (Å²) in [6.45, 7) is 10.2. The van der Waals surface area contributed by atoms with Gasteiger partial charge in [0.05, 0.1) is 19.3 Å². The number of hydrogen-bond donors (Lipinski definition) is 6. The fraction of sp³-hybridized carbons (Fsp3) is 0.552. The monoisotopic (exact) mass is 1390 g/mol. The number of ether oxygens (including phenoxy) is 4. The maximum Gasteiger partial charge on any atom is 0.321 e. The Hall–Kier alpha value is -6.16. The molecule has 14 rings (SSSR count). The van der Waals surface area contributed by atoms with E-state index in [2.05, 4.69) is 79.3 Å². The standard InChI is InChI=1S/C34H38Cl2FN5O5.C24H24Cl2FN3O3.C9H15N3O3/c1-32(2)9-11-33(12-10-32)34(21-6-5-19(35)15-22(21)39-31(34)44)26(20-8-13-38-29(36)27(20)37)28(40-33)23(43)14-18-4-7-24(46-16-18)30-42-41-25(47-30)17-45-3;1-22(2)6-8-23(9-7-22)24(14-4-3-12(25)11-15(14)29-21(24)33)16(18(30-23)20(31)32)13-5-10-28-19(26)17(13)27;1-13-5-8-11-12-9(15-8)7-3-2-6(10)4-14-7/h5-6,8,13,15,18,24,26,28,40H,4,7,9-12,14,16-17H2,1-3H3,(H,39,44);3-5,10-11,16,18,30H,6-9H2,1-2H3,(H,29,33)(H,31,32);6-7H,2-5,10H2,1H3/t18-,24-,26-,28-,34+;16-,18+,24?;6-,7+/m001/s1. The predicted molar refractivity (Wildman–Crippen MR) is 346 cm³/mol. The second-order valence-electron chi connectivity index (χ2n) is 28.0. The summed E-state index contributed by atoms with van der Waals surface area (Å²) >= 11 is 24.9. The molecule has 7 N–H and O–H groups in total. The number of nitrogens with zero attached hydrogens (tertiary/aromatic N) is 6. The molecule has 6 aliphatic heterocycles. The maximum absolute atomic E-state index is 16.2. The SMILES string of the molecule is CC1(C)CCC2(CC1)N[C@@H](C(=O)O)[C@H](c1ccnc(Cl)c1F)C21C(=O)Nc2cc(Cl)ccc21.COCc1nnc([C@@H]2CC[C@@H](CC(=O)[C@@H]3NC4(CCC(C)(C)CC4)[C@@]4(C(=O)Nc5cc(Cl)ccc54)[C@H]3c3ccnc(Cl)c3F)CO2)o1.COCc1nnc([C@@H]2CC[C@@H](N)CO2)o1. The summed E-state index contributed by atoms with van der Waals surface area (Å²) in [5.41, 5.74) is 4.13. The van der Waals surface area contributed by atoms with E-state index in [9.17, 15) is 24.3 Å². The zero-order valence-electron chi connectivity index (χ0n) is 53.5. The summed E-state index contributed by atoms with van der Waals surface area (Å²) in [5, 5.41) is 39.5. The third-order valence-corrected chi connectivity index (χ3v) is 22.2. The van der Waals surface area contributed by atoms with Gasteiger partial charge in [-0.3, -0.25) is 29.8 Å². The Kier molecular flexibility index (Phi) is 19.5. The first-order chi connectivity index (χ1) is 45.3. The van der Waals surface area contributed by atoms with Crippen molar-refractivity contribution in [3.05, 3.63) is 139 Å². The van der Waals surface area contributed by atoms with E-state index >= 15 is 8.78 Å². The molecule has 6 fully saturated rings. The van der Waals surface area contributed by atoms with Gasteiger partial charge in [0.1, 0.15) is 42.3 Å². The van der Waals surface area contributed by atoms with E-state index in [1.165, 1.54) is 18.5 Å². The summed E-state index contributed by atoms with van der Waals surface area (Å²) in [6.07, 6.45) is 11.1. The van der Waals surface area contributed by atoms with Crippen LogP contribution < -0.4 is 27.0 Å². The van der Waals surface area contributed by atoms with Gasteiger partial charge >= 0.3 is 5.97 Å². The zero-order valence-corrected chi connectivity index (χ0v) is 56.5. The molecule has 4 saturated heterocycles. The normalized spacial score (nSPS) is 28.9. The minimum atomic E-state index is -1.36. The number of nitrogens with one attached hydrogen (secondary N) is 4. The number of fused-ring (bicyclic) bond motifs is 6. The molecule has 6 aromatic rings. The highest BCUT2D eigenvalue weighted by molar-refractivity contribution is 6.32. The second kappa shape index (κ2) is 26.9. The number of carbonyl (C=O) groups excluding carboxylic acids is 3. The first kappa shape index (κ1) is 68.8. The molecule has 4 spiro atoms. The number of carboxylic acid groups (broad SMARTS) is 1. The van der Waals surface area contributed by atoms with Crippen LogP contribution in [-0.2, 0) is 62.2 Å². The van der Waals surface area contributed by atoms with E-state index in [0.717, 1.165) is 38.5 Å². The van der Waals surface area contributed by atoms with E-state index < -0.39 is 63.4 Å². The number of aliphatic carboxylic acids is 1. The van der Waals surface area contributed by atoms with Crippen LogP contribution in [-0.4, -0.2) is 116 Å². The molecule has 1 unspecified atom stereocenters. The van der Waals surface area contributed by atoms with Gasteiger partial charge in [0, 0.05) is 83.4 Å². The number of rotatable bonds is 12. The first-order valence-electron chi connectivity index (χ1n) is 32.0. The van der Waals surface area contributed by atoms with E-state index in [1.807, 2.05) is 6.07 Å². The van der Waals surface area contributed by atoms with Crippen LogP contribution in [0, 0.1) is 28.4 Å². The summed E-state index contributed by atoms with van der Waals surface area (Å²) in [5.74, 6) is -3.67. The number of amides is 2. The number of hydrogen-bond acceptors (Lipinski definition) is 19. The zero-order chi connectivity index (χ0) is 67.6. The average molecular weight is 1390 g/mol. The summed E-state index contributed by atoms with van der Waals surface area (Å²) in [4.78, 5) is 63.5. The third kappa shape index (κ3) is 12.5. The molecule has 508 valence electrons. The van der Waals surface area contributed by atoms with Crippen molar-refractivity contribution in [1.82, 2.24) is 41.0 Å². The number of anilines is 2. The lowest BCUT2D eigenvalue weighted by Gasteiger charge is -2.50. The number of aromatic nitrogens is 6. The van der Waals surface area contributed by atoms with E-state index in [0.29, 0.717) is 114 Å². The number of Topliss-reactive ketones (excluding diaryl/α,β-unsaturated/α-hetero) is 1. The second-order valence-corrected chi connectivity index (χ2v) is 29.6. The van der Waals surface area contributed by atoms with Crippen molar-refractivity contribution in [2.45, 2.75) is 188 Å². The number of carboxylic acids is 1. The molecule has 2 aromatic carbocycles. The molecule has 2 aliphatic carbocycles. The number of carbonyl (C=O) groups is 4. The number of ketones is 1. The minimum absolute atomic E-state index is 0.0491. The Bertz CT molecular complexity index is 3880. The van der Waals surface area contributed by atoms with Crippen LogP contribution in [0.15, 0.2) is 69.8 Å². The maximum atomic E-state index is 16.2. The largest absolute Gasteiger partial charge is 0.480 e. The molecule has 2 saturated carbocycles. The Balaban J connectivity index is 0.000000155. The smallest absolute Gasteiger partial charge is 0.321 e. The minimum Gasteiger partial charge on any atom is -0.480 e. The van der Waals surface area contributed by atoms with Gasteiger partial charge in [-0.1, -0.05) is 86.2 Å². The number of pyridine rings is 2. The lowest BCUT2D eigenvalue weighted by molar-refractivity contribution is -0.139. The van der Waals surface area contributed by atoms with E-state index in [4.69, 9.17) is 79.9 Å². The van der Waals surface area contributed by atoms with Gasteiger partial charge in [0.25, 0.3) is 0 Å². The number of methoxy groups -OCH3 is 2. The van der Waals surface area contributed by atoms with Crippen LogP contribution in [0.2, 0.25) is 20.4 Å². The van der Waals surface area contributed by atoms with Crippen molar-refractivity contribution in [2.24, 2.45) is 22.5 Å². The summed E-state index contributed by atoms with van der Waals surface area (Å²) < 4.78 is 64.2. The molecule has 0 bridgehead atoms. The van der Waals surface area contributed by atoms with Crippen LogP contribution in [0.4, 0.5) is 20.2 Å². The molecular formula is C67H77Cl4F2N11O11. The molecule has 22 nitrogen and oxygen atoms in total. The summed E-state index contributed by atoms with van der Waals surface area (Å²) in [6, 6.07) is 11.5. The fourth-order valence-corrected chi connectivity index (χ4v) is 17.1. The highest BCUT2D eigenvalue weighted by Gasteiger charge is 2.75. The van der Waals surface area contributed by atoms with Crippen LogP contribution in [0.5, 0.6) is 0 Å². The lowest BCUT2D eigenvalue weighted by atomic mass is 9.53. The third-order valence-electron chi connectivity index (χ3n) is 21.2.